The van der Waals surface area contributed by atoms with Crippen molar-refractivity contribution in [3.63, 3.8) is 0 Å². The number of hydrogen-bond acceptors (Lipinski definition) is 3. The predicted molar refractivity (Wildman–Crippen MR) is 77.2 cm³/mol. The van der Waals surface area contributed by atoms with Crippen LogP contribution in [0.3, 0.4) is 0 Å². The van der Waals surface area contributed by atoms with E-state index in [1.54, 1.807) is 34.9 Å². The minimum absolute atomic E-state index is 0.185. The zero-order valence-electron chi connectivity index (χ0n) is 9.81. The molecular weight excluding hydrogens is 307 g/mol. The van der Waals surface area contributed by atoms with Gasteiger partial charge in [-0.25, -0.2) is 9.69 Å². The lowest BCUT2D eigenvalue weighted by molar-refractivity contribution is -0.119. The number of benzene rings is 1. The summed E-state index contributed by atoms with van der Waals surface area (Å²) < 4.78 is 0. The van der Waals surface area contributed by atoms with Crippen LogP contribution >= 0.6 is 35.0 Å². The Kier molecular flexibility index (Phi) is 3.37. The number of amides is 3. The molecule has 1 aromatic carbocycles. The maximum absolute atomic E-state index is 12.3. The zero-order chi connectivity index (χ0) is 13.6. The van der Waals surface area contributed by atoms with Crippen LogP contribution in [0.5, 0.6) is 0 Å². The highest BCUT2D eigenvalue weighted by Crippen LogP contribution is 2.33. The van der Waals surface area contributed by atoms with Gasteiger partial charge in [0.2, 0.25) is 0 Å². The van der Waals surface area contributed by atoms with E-state index in [9.17, 15) is 9.59 Å². The Morgan fingerprint density at radius 3 is 2.68 bits per heavy atom. The summed E-state index contributed by atoms with van der Waals surface area (Å²) in [7, 11) is 0. The first kappa shape index (κ1) is 13.1. The first-order chi connectivity index (χ1) is 9.09. The van der Waals surface area contributed by atoms with E-state index < -0.39 is 0 Å². The van der Waals surface area contributed by atoms with Crippen LogP contribution in [0.4, 0.5) is 10.5 Å². The lowest BCUT2D eigenvalue weighted by atomic mass is 10.2. The zero-order valence-corrected chi connectivity index (χ0v) is 12.1. The van der Waals surface area contributed by atoms with Crippen LogP contribution in [0.1, 0.15) is 0 Å². The van der Waals surface area contributed by atoms with E-state index in [1.165, 1.54) is 4.90 Å². The number of carbonyl (C=O) groups is 2. The van der Waals surface area contributed by atoms with Gasteiger partial charge in [-0.1, -0.05) is 23.2 Å². The molecule has 2 aliphatic heterocycles. The van der Waals surface area contributed by atoms with Crippen LogP contribution in [-0.2, 0) is 4.79 Å². The molecule has 0 spiro atoms. The van der Waals surface area contributed by atoms with Crippen molar-refractivity contribution in [1.29, 1.82) is 0 Å². The fourth-order valence-electron chi connectivity index (χ4n) is 2.27. The largest absolute Gasteiger partial charge is 0.332 e. The second kappa shape index (κ2) is 4.89. The molecule has 3 rings (SSSR count). The number of nitrogens with zero attached hydrogens (tertiary/aromatic N) is 2. The van der Waals surface area contributed by atoms with Gasteiger partial charge in [-0.05, 0) is 18.2 Å². The summed E-state index contributed by atoms with van der Waals surface area (Å²) in [6.07, 6.45) is 0. The fourth-order valence-corrected chi connectivity index (χ4v) is 3.60. The molecule has 0 radical (unpaired) electrons. The number of fused-ring (bicyclic) bond motifs is 1. The van der Waals surface area contributed by atoms with Crippen molar-refractivity contribution in [3.05, 3.63) is 28.2 Å². The molecule has 100 valence electrons. The van der Waals surface area contributed by atoms with E-state index in [-0.39, 0.29) is 18.0 Å². The predicted octanol–water partition coefficient (Wildman–Crippen LogP) is 2.88. The van der Waals surface area contributed by atoms with Gasteiger partial charge in [0.05, 0.1) is 15.7 Å². The maximum Gasteiger partial charge on any atom is 0.332 e. The Bertz CT molecular complexity index is 543. The molecule has 3 amide bonds. The number of hydrogen-bond donors (Lipinski definition) is 0. The van der Waals surface area contributed by atoms with Gasteiger partial charge in [-0.15, -0.1) is 0 Å². The van der Waals surface area contributed by atoms with E-state index in [2.05, 4.69) is 0 Å². The molecule has 2 heterocycles. The summed E-state index contributed by atoms with van der Waals surface area (Å²) in [6, 6.07) is 4.15. The van der Waals surface area contributed by atoms with Crippen molar-refractivity contribution < 1.29 is 9.59 Å². The number of thioether (sulfide) groups is 1. The minimum atomic E-state index is -0.347. The van der Waals surface area contributed by atoms with Crippen molar-refractivity contribution in [2.75, 3.05) is 23.0 Å². The standard InChI is InChI=1S/C12H10Cl2N2O2S/c13-8-2-1-7(5-9(8)14)16-11(17)10-6-19-4-3-15(10)12(16)18/h1-2,5,10H,3-4,6H2. The lowest BCUT2D eigenvalue weighted by Crippen LogP contribution is -2.41. The molecule has 7 heteroatoms. The van der Waals surface area contributed by atoms with Crippen LogP contribution in [0.2, 0.25) is 10.0 Å². The second-order valence-corrected chi connectivity index (χ2v) is 6.30. The molecule has 0 aliphatic carbocycles. The Morgan fingerprint density at radius 1 is 1.21 bits per heavy atom. The summed E-state index contributed by atoms with van der Waals surface area (Å²) in [4.78, 5) is 27.4. The summed E-state index contributed by atoms with van der Waals surface area (Å²) >= 11 is 13.5. The Hall–Kier alpha value is -0.910. The maximum atomic E-state index is 12.3. The first-order valence-corrected chi connectivity index (χ1v) is 7.68. The van der Waals surface area contributed by atoms with Crippen molar-refractivity contribution >= 4 is 52.6 Å². The molecule has 2 aliphatic rings. The highest BCUT2D eigenvalue weighted by Gasteiger charge is 2.46. The third kappa shape index (κ3) is 2.10. The number of anilines is 1. The molecule has 0 saturated carbocycles. The second-order valence-electron chi connectivity index (χ2n) is 4.34. The van der Waals surface area contributed by atoms with Gasteiger partial charge in [-0.2, -0.15) is 11.8 Å². The molecular formula is C12H10Cl2N2O2S. The van der Waals surface area contributed by atoms with Gasteiger partial charge in [0.1, 0.15) is 6.04 Å². The van der Waals surface area contributed by atoms with Gasteiger partial charge in [0.25, 0.3) is 5.91 Å². The van der Waals surface area contributed by atoms with Crippen molar-refractivity contribution in [1.82, 2.24) is 4.90 Å². The number of imide groups is 1. The number of urea groups is 1. The van der Waals surface area contributed by atoms with E-state index in [0.29, 0.717) is 28.0 Å². The van der Waals surface area contributed by atoms with Crippen LogP contribution < -0.4 is 4.90 Å². The Balaban J connectivity index is 1.98. The van der Waals surface area contributed by atoms with Crippen LogP contribution in [-0.4, -0.2) is 40.9 Å². The minimum Gasteiger partial charge on any atom is -0.310 e. The van der Waals surface area contributed by atoms with Gasteiger partial charge in [0.15, 0.2) is 0 Å². The highest BCUT2D eigenvalue weighted by atomic mass is 35.5. The molecule has 19 heavy (non-hydrogen) atoms. The summed E-state index contributed by atoms with van der Waals surface area (Å²) in [5, 5.41) is 0.733. The number of halogens is 2. The van der Waals surface area contributed by atoms with Crippen LogP contribution in [0.15, 0.2) is 18.2 Å². The van der Waals surface area contributed by atoms with Gasteiger partial charge in [-0.3, -0.25) is 4.79 Å². The van der Waals surface area contributed by atoms with Gasteiger partial charge in [0, 0.05) is 18.1 Å². The van der Waals surface area contributed by atoms with Crippen molar-refractivity contribution in [3.8, 4) is 0 Å². The third-order valence-electron chi connectivity index (χ3n) is 3.23. The van der Waals surface area contributed by atoms with E-state index in [1.807, 2.05) is 0 Å². The molecule has 4 nitrogen and oxygen atoms in total. The first-order valence-electron chi connectivity index (χ1n) is 5.77. The molecule has 2 saturated heterocycles. The van der Waals surface area contributed by atoms with Crippen molar-refractivity contribution in [2.24, 2.45) is 0 Å². The molecule has 2 fully saturated rings. The highest BCUT2D eigenvalue weighted by molar-refractivity contribution is 7.99. The van der Waals surface area contributed by atoms with Crippen molar-refractivity contribution in [2.45, 2.75) is 6.04 Å². The average molecular weight is 317 g/mol. The van der Waals surface area contributed by atoms with E-state index >= 15 is 0 Å². The molecule has 0 N–H and O–H groups in total. The molecule has 1 aromatic rings. The molecule has 1 atom stereocenters. The van der Waals surface area contributed by atoms with Gasteiger partial charge < -0.3 is 4.90 Å². The lowest BCUT2D eigenvalue weighted by Gasteiger charge is -2.25. The van der Waals surface area contributed by atoms with Crippen LogP contribution in [0, 0.1) is 0 Å². The molecule has 1 unspecified atom stereocenters. The van der Waals surface area contributed by atoms with E-state index in [4.69, 9.17) is 23.2 Å². The van der Waals surface area contributed by atoms with Gasteiger partial charge >= 0.3 is 6.03 Å². The van der Waals surface area contributed by atoms with E-state index in [0.717, 1.165) is 5.75 Å². The molecule has 0 bridgehead atoms. The summed E-state index contributed by atoms with van der Waals surface area (Å²) in [6.45, 7) is 0.609. The summed E-state index contributed by atoms with van der Waals surface area (Å²) in [5.74, 6) is 1.34. The number of carbonyl (C=O) groups excluding carboxylic acids is 2. The van der Waals surface area contributed by atoms with Crippen LogP contribution in [0.25, 0.3) is 0 Å². The number of rotatable bonds is 1. The quantitative estimate of drug-likeness (QED) is 0.748. The Labute approximate surface area is 124 Å². The normalized spacial score (nSPS) is 22.9. The fraction of sp³-hybridized carbons (Fsp3) is 0.333. The summed E-state index contributed by atoms with van der Waals surface area (Å²) in [5.41, 5.74) is 0.476. The smallest absolute Gasteiger partial charge is 0.310 e. The topological polar surface area (TPSA) is 40.6 Å². The molecule has 0 aromatic heterocycles. The monoisotopic (exact) mass is 316 g/mol. The average Bonchev–Trinajstić information content (AvgIpc) is 2.66. The Morgan fingerprint density at radius 2 is 2.00 bits per heavy atom. The SMILES string of the molecule is O=C1C2CSCCN2C(=O)N1c1ccc(Cl)c(Cl)c1. The third-order valence-corrected chi connectivity index (χ3v) is 4.99.